The fraction of sp³-hybridized carbons (Fsp3) is 0.647. The molecule has 1 saturated carbocycles. The molecule has 0 aromatic heterocycles. The van der Waals surface area contributed by atoms with Crippen LogP contribution in [0.15, 0.2) is 24.3 Å². The van der Waals surface area contributed by atoms with Crippen molar-refractivity contribution in [3.05, 3.63) is 35.6 Å². The molecule has 0 amide bonds. The van der Waals surface area contributed by atoms with E-state index in [9.17, 15) is 4.39 Å². The first-order valence-electron chi connectivity index (χ1n) is 7.55. The van der Waals surface area contributed by atoms with E-state index >= 15 is 0 Å². The van der Waals surface area contributed by atoms with Crippen molar-refractivity contribution in [2.45, 2.75) is 57.1 Å². The van der Waals surface area contributed by atoms with Gasteiger partial charge in [0.15, 0.2) is 0 Å². The number of benzene rings is 1. The molecule has 2 nitrogen and oxygen atoms in total. The lowest BCUT2D eigenvalue weighted by Gasteiger charge is -2.26. The Morgan fingerprint density at radius 2 is 2.05 bits per heavy atom. The minimum atomic E-state index is -0.150. The van der Waals surface area contributed by atoms with E-state index in [0.717, 1.165) is 24.9 Å². The fourth-order valence-electron chi connectivity index (χ4n) is 2.39. The Morgan fingerprint density at radius 3 is 2.65 bits per heavy atom. The normalized spacial score (nSPS) is 17.2. The maximum atomic E-state index is 14.0. The van der Waals surface area contributed by atoms with Gasteiger partial charge in [0.05, 0.1) is 5.60 Å². The largest absolute Gasteiger partial charge is 0.379 e. The summed E-state index contributed by atoms with van der Waals surface area (Å²) in [6.07, 6.45) is 4.37. The summed E-state index contributed by atoms with van der Waals surface area (Å²) in [6, 6.07) is 7.79. The molecule has 1 aliphatic carbocycles. The maximum Gasteiger partial charge on any atom is 0.126 e. The van der Waals surface area contributed by atoms with Gasteiger partial charge in [0.25, 0.3) is 0 Å². The Morgan fingerprint density at radius 1 is 1.35 bits per heavy atom. The highest BCUT2D eigenvalue weighted by Crippen LogP contribution is 2.29. The fourth-order valence-corrected chi connectivity index (χ4v) is 2.39. The van der Waals surface area contributed by atoms with Crippen LogP contribution in [0.5, 0.6) is 0 Å². The molecule has 1 fully saturated rings. The Hall–Kier alpha value is -0.930. The van der Waals surface area contributed by atoms with E-state index < -0.39 is 0 Å². The van der Waals surface area contributed by atoms with Crippen LogP contribution in [0.3, 0.4) is 0 Å². The molecule has 0 spiro atoms. The standard InChI is InChI=1S/C17H26FNO/c1-17(2,20-3)11-10-13(12-19-14-8-9-14)15-6-4-5-7-16(15)18/h4-7,13-14,19H,8-12H2,1-3H3. The number of nitrogens with one attached hydrogen (secondary N) is 1. The molecule has 0 aliphatic heterocycles. The van der Waals surface area contributed by atoms with Gasteiger partial charge in [0.1, 0.15) is 5.82 Å². The molecule has 0 bridgehead atoms. The Labute approximate surface area is 121 Å². The van der Waals surface area contributed by atoms with E-state index in [-0.39, 0.29) is 17.3 Å². The van der Waals surface area contributed by atoms with E-state index in [1.807, 2.05) is 12.1 Å². The molecule has 2 rings (SSSR count). The lowest BCUT2D eigenvalue weighted by Crippen LogP contribution is -2.28. The summed E-state index contributed by atoms with van der Waals surface area (Å²) in [7, 11) is 1.74. The second-order valence-electron chi connectivity index (χ2n) is 6.40. The zero-order valence-corrected chi connectivity index (χ0v) is 12.8. The molecule has 0 radical (unpaired) electrons. The Balaban J connectivity index is 2.01. The van der Waals surface area contributed by atoms with Crippen LogP contribution < -0.4 is 5.32 Å². The molecule has 0 heterocycles. The van der Waals surface area contributed by atoms with Crippen molar-refractivity contribution in [2.75, 3.05) is 13.7 Å². The molecule has 1 atom stereocenters. The SMILES string of the molecule is COC(C)(C)CCC(CNC1CC1)c1ccccc1F. The second kappa shape index (κ2) is 6.68. The van der Waals surface area contributed by atoms with E-state index in [1.54, 1.807) is 19.2 Å². The summed E-state index contributed by atoms with van der Waals surface area (Å²) in [4.78, 5) is 0. The highest BCUT2D eigenvalue weighted by molar-refractivity contribution is 5.22. The first-order chi connectivity index (χ1) is 9.52. The molecular formula is C17H26FNO. The average Bonchev–Trinajstić information content (AvgIpc) is 3.24. The highest BCUT2D eigenvalue weighted by Gasteiger charge is 2.25. The number of halogens is 1. The zero-order valence-electron chi connectivity index (χ0n) is 12.8. The van der Waals surface area contributed by atoms with Crippen molar-refractivity contribution in [1.82, 2.24) is 5.32 Å². The minimum Gasteiger partial charge on any atom is -0.379 e. The Kier molecular flexibility index (Phi) is 5.17. The number of hydrogen-bond donors (Lipinski definition) is 1. The van der Waals surface area contributed by atoms with Crippen LogP contribution in [0, 0.1) is 5.82 Å². The van der Waals surface area contributed by atoms with Gasteiger partial charge in [-0.05, 0) is 57.1 Å². The van der Waals surface area contributed by atoms with Crippen LogP contribution in [0.2, 0.25) is 0 Å². The van der Waals surface area contributed by atoms with Crippen LogP contribution >= 0.6 is 0 Å². The quantitative estimate of drug-likeness (QED) is 0.780. The predicted molar refractivity (Wildman–Crippen MR) is 80.5 cm³/mol. The summed E-state index contributed by atoms with van der Waals surface area (Å²) < 4.78 is 19.5. The third kappa shape index (κ3) is 4.57. The number of hydrogen-bond acceptors (Lipinski definition) is 2. The molecule has 1 unspecified atom stereocenters. The topological polar surface area (TPSA) is 21.3 Å². The number of methoxy groups -OCH3 is 1. The van der Waals surface area contributed by atoms with Crippen LogP contribution in [0.4, 0.5) is 4.39 Å². The van der Waals surface area contributed by atoms with E-state index in [0.29, 0.717) is 6.04 Å². The lowest BCUT2D eigenvalue weighted by molar-refractivity contribution is 0.0123. The first kappa shape index (κ1) is 15.5. The van der Waals surface area contributed by atoms with Gasteiger partial charge in [-0.1, -0.05) is 18.2 Å². The predicted octanol–water partition coefficient (Wildman–Crippen LogP) is 3.87. The van der Waals surface area contributed by atoms with Gasteiger partial charge in [-0.15, -0.1) is 0 Å². The van der Waals surface area contributed by atoms with Gasteiger partial charge < -0.3 is 10.1 Å². The smallest absolute Gasteiger partial charge is 0.126 e. The van der Waals surface area contributed by atoms with Gasteiger partial charge in [-0.25, -0.2) is 4.39 Å². The molecule has 112 valence electrons. The summed E-state index contributed by atoms with van der Waals surface area (Å²) in [6.45, 7) is 5.02. The highest BCUT2D eigenvalue weighted by atomic mass is 19.1. The molecule has 0 saturated heterocycles. The van der Waals surface area contributed by atoms with Crippen molar-refractivity contribution in [2.24, 2.45) is 0 Å². The van der Waals surface area contributed by atoms with Crippen molar-refractivity contribution < 1.29 is 9.13 Å². The lowest BCUT2D eigenvalue weighted by atomic mass is 9.89. The van der Waals surface area contributed by atoms with Crippen LogP contribution in [0.1, 0.15) is 51.0 Å². The van der Waals surface area contributed by atoms with Crippen molar-refractivity contribution in [1.29, 1.82) is 0 Å². The van der Waals surface area contributed by atoms with Gasteiger partial charge in [0, 0.05) is 19.7 Å². The molecule has 1 aromatic carbocycles. The molecule has 1 aliphatic rings. The summed E-state index contributed by atoms with van der Waals surface area (Å²) in [5, 5.41) is 3.53. The van der Waals surface area contributed by atoms with Crippen molar-refractivity contribution in [3.63, 3.8) is 0 Å². The van der Waals surface area contributed by atoms with Gasteiger partial charge >= 0.3 is 0 Å². The van der Waals surface area contributed by atoms with Gasteiger partial charge in [-0.2, -0.15) is 0 Å². The third-order valence-corrected chi connectivity index (χ3v) is 4.22. The zero-order chi connectivity index (χ0) is 14.6. The molecular weight excluding hydrogens is 253 g/mol. The minimum absolute atomic E-state index is 0.0923. The maximum absolute atomic E-state index is 14.0. The molecule has 1 aromatic rings. The van der Waals surface area contributed by atoms with E-state index in [2.05, 4.69) is 19.2 Å². The Bertz CT molecular complexity index is 429. The molecule has 20 heavy (non-hydrogen) atoms. The van der Waals surface area contributed by atoms with Crippen LogP contribution in [-0.4, -0.2) is 25.3 Å². The summed E-state index contributed by atoms with van der Waals surface area (Å²) in [5.41, 5.74) is 0.677. The average molecular weight is 279 g/mol. The summed E-state index contributed by atoms with van der Waals surface area (Å²) in [5.74, 6) is 0.122. The van der Waals surface area contributed by atoms with E-state index in [4.69, 9.17) is 4.74 Å². The first-order valence-corrected chi connectivity index (χ1v) is 7.55. The van der Waals surface area contributed by atoms with Gasteiger partial charge in [-0.3, -0.25) is 0 Å². The number of ether oxygens (including phenoxy) is 1. The van der Waals surface area contributed by atoms with Crippen molar-refractivity contribution >= 4 is 0 Å². The monoisotopic (exact) mass is 279 g/mol. The third-order valence-electron chi connectivity index (χ3n) is 4.22. The molecule has 1 N–H and O–H groups in total. The van der Waals surface area contributed by atoms with Crippen LogP contribution in [0.25, 0.3) is 0 Å². The number of rotatable bonds is 8. The van der Waals surface area contributed by atoms with Crippen LogP contribution in [-0.2, 0) is 4.74 Å². The van der Waals surface area contributed by atoms with E-state index in [1.165, 1.54) is 12.8 Å². The summed E-state index contributed by atoms with van der Waals surface area (Å²) >= 11 is 0. The van der Waals surface area contributed by atoms with Gasteiger partial charge in [0.2, 0.25) is 0 Å². The second-order valence-corrected chi connectivity index (χ2v) is 6.40. The molecule has 3 heteroatoms. The van der Waals surface area contributed by atoms with Crippen molar-refractivity contribution in [3.8, 4) is 0 Å².